The lowest BCUT2D eigenvalue weighted by molar-refractivity contribution is 0.471. The van der Waals surface area contributed by atoms with Crippen LogP contribution in [0.2, 0.25) is 10.0 Å². The van der Waals surface area contributed by atoms with Crippen molar-refractivity contribution in [3.63, 3.8) is 0 Å². The van der Waals surface area contributed by atoms with Crippen molar-refractivity contribution in [2.75, 3.05) is 5.32 Å². The zero-order chi connectivity index (χ0) is 19.7. The van der Waals surface area contributed by atoms with E-state index in [1.165, 1.54) is 0 Å². The van der Waals surface area contributed by atoms with Crippen LogP contribution in [0.4, 0.5) is 5.69 Å². The first-order valence-corrected chi connectivity index (χ1v) is 9.50. The Balaban J connectivity index is 1.85. The molecule has 2 heterocycles. The Bertz CT molecular complexity index is 1150. The Hall–Kier alpha value is -2.82. The lowest BCUT2D eigenvalue weighted by atomic mass is 9.99. The predicted octanol–water partition coefficient (Wildman–Crippen LogP) is 6.15. The minimum absolute atomic E-state index is 0.129. The van der Waals surface area contributed by atoms with Crippen LogP contribution in [0.5, 0.6) is 5.75 Å². The molecular weight excluding hydrogens is 393 g/mol. The molecule has 1 atom stereocenters. The number of anilines is 1. The monoisotopic (exact) mass is 409 g/mol. The van der Waals surface area contributed by atoms with Crippen molar-refractivity contribution in [2.24, 2.45) is 0 Å². The van der Waals surface area contributed by atoms with Gasteiger partial charge in [-0.2, -0.15) is 0 Å². The average Bonchev–Trinajstić information content (AvgIpc) is 2.71. The fourth-order valence-electron chi connectivity index (χ4n) is 3.13. The van der Waals surface area contributed by atoms with Crippen molar-refractivity contribution >= 4 is 39.8 Å². The molecule has 1 unspecified atom stereocenters. The molecule has 0 saturated heterocycles. The van der Waals surface area contributed by atoms with Gasteiger partial charge >= 0.3 is 0 Å². The molecule has 0 aliphatic heterocycles. The summed E-state index contributed by atoms with van der Waals surface area (Å²) >= 11 is 12.2. The SMILES string of the molecule is Cc1ccc2ccc(C(Nc3ccc(Cl)c(Cl)c3)c3ccccn3)c(O)c2n1. The number of aromatic hydroxyl groups is 1. The number of fused-ring (bicyclic) bond motifs is 1. The summed E-state index contributed by atoms with van der Waals surface area (Å²) in [5.74, 6) is 0.129. The second-order valence-corrected chi connectivity index (χ2v) is 7.30. The van der Waals surface area contributed by atoms with Gasteiger partial charge in [0.15, 0.2) is 0 Å². The van der Waals surface area contributed by atoms with Crippen LogP contribution >= 0.6 is 23.2 Å². The number of aromatic nitrogens is 2. The standard InChI is InChI=1S/C22H17Cl2N3O/c1-13-5-6-14-7-9-16(22(28)20(14)26-13)21(19-4-2-3-11-25-19)27-15-8-10-17(23)18(24)12-15/h2-12,21,27-28H,1H3. The number of hydrogen-bond donors (Lipinski definition) is 2. The molecular formula is C22H17Cl2N3O. The smallest absolute Gasteiger partial charge is 0.147 e. The maximum Gasteiger partial charge on any atom is 0.147 e. The van der Waals surface area contributed by atoms with Crippen LogP contribution in [0.15, 0.2) is 66.9 Å². The van der Waals surface area contributed by atoms with Gasteiger partial charge in [0.05, 0.1) is 21.8 Å². The summed E-state index contributed by atoms with van der Waals surface area (Å²) in [6, 6.07) is 18.3. The topological polar surface area (TPSA) is 58.0 Å². The quantitative estimate of drug-likeness (QED) is 0.424. The van der Waals surface area contributed by atoms with Gasteiger partial charge < -0.3 is 10.4 Å². The molecule has 0 spiro atoms. The van der Waals surface area contributed by atoms with Crippen LogP contribution in [0, 0.1) is 6.92 Å². The van der Waals surface area contributed by atoms with E-state index < -0.39 is 6.04 Å². The highest BCUT2D eigenvalue weighted by molar-refractivity contribution is 6.42. The first kappa shape index (κ1) is 18.5. The highest BCUT2D eigenvalue weighted by atomic mass is 35.5. The number of phenolic OH excluding ortho intramolecular Hbond substituents is 1. The van der Waals surface area contributed by atoms with Crippen molar-refractivity contribution in [2.45, 2.75) is 13.0 Å². The lowest BCUT2D eigenvalue weighted by Gasteiger charge is -2.22. The Labute approximate surface area is 172 Å². The molecule has 2 N–H and O–H groups in total. The second-order valence-electron chi connectivity index (χ2n) is 6.49. The third-order valence-electron chi connectivity index (χ3n) is 4.53. The van der Waals surface area contributed by atoms with Gasteiger partial charge in [-0.05, 0) is 43.3 Å². The van der Waals surface area contributed by atoms with Gasteiger partial charge in [-0.15, -0.1) is 0 Å². The summed E-state index contributed by atoms with van der Waals surface area (Å²) in [5, 5.41) is 16.2. The first-order chi connectivity index (χ1) is 13.5. The van der Waals surface area contributed by atoms with Crippen LogP contribution in [0.25, 0.3) is 10.9 Å². The first-order valence-electron chi connectivity index (χ1n) is 8.74. The number of halogens is 2. The molecule has 2 aromatic heterocycles. The normalized spacial score (nSPS) is 12.1. The highest BCUT2D eigenvalue weighted by Gasteiger charge is 2.21. The van der Waals surface area contributed by atoms with Gasteiger partial charge in [-0.3, -0.25) is 4.98 Å². The number of pyridine rings is 2. The zero-order valence-electron chi connectivity index (χ0n) is 15.0. The molecule has 4 rings (SSSR count). The molecule has 0 fully saturated rings. The third-order valence-corrected chi connectivity index (χ3v) is 5.27. The molecule has 6 heteroatoms. The molecule has 0 aliphatic carbocycles. The molecule has 28 heavy (non-hydrogen) atoms. The Morgan fingerprint density at radius 3 is 2.54 bits per heavy atom. The van der Waals surface area contributed by atoms with Crippen LogP contribution < -0.4 is 5.32 Å². The maximum absolute atomic E-state index is 11.0. The third kappa shape index (κ3) is 3.61. The number of aryl methyl sites for hydroxylation is 1. The van der Waals surface area contributed by atoms with E-state index in [-0.39, 0.29) is 5.75 Å². The van der Waals surface area contributed by atoms with Gasteiger partial charge in [0, 0.05) is 28.5 Å². The molecule has 2 aromatic carbocycles. The van der Waals surface area contributed by atoms with Gasteiger partial charge in [0.2, 0.25) is 0 Å². The predicted molar refractivity (Wildman–Crippen MR) is 114 cm³/mol. The van der Waals surface area contributed by atoms with E-state index in [1.807, 2.05) is 55.5 Å². The van der Waals surface area contributed by atoms with Crippen molar-refractivity contribution in [3.8, 4) is 5.75 Å². The summed E-state index contributed by atoms with van der Waals surface area (Å²) in [7, 11) is 0. The molecule has 140 valence electrons. The van der Waals surface area contributed by atoms with E-state index in [0.29, 0.717) is 21.1 Å². The van der Waals surface area contributed by atoms with Gasteiger partial charge in [0.25, 0.3) is 0 Å². The van der Waals surface area contributed by atoms with E-state index in [9.17, 15) is 5.11 Å². The van der Waals surface area contributed by atoms with Crippen LogP contribution in [-0.4, -0.2) is 15.1 Å². The molecule has 4 nitrogen and oxygen atoms in total. The fraction of sp³-hybridized carbons (Fsp3) is 0.0909. The average molecular weight is 410 g/mol. The second kappa shape index (κ2) is 7.66. The van der Waals surface area contributed by atoms with Crippen molar-refractivity contribution in [3.05, 3.63) is 93.9 Å². The number of benzene rings is 2. The zero-order valence-corrected chi connectivity index (χ0v) is 16.5. The van der Waals surface area contributed by atoms with E-state index in [1.54, 1.807) is 18.3 Å². The van der Waals surface area contributed by atoms with Crippen molar-refractivity contribution in [1.29, 1.82) is 0 Å². The number of rotatable bonds is 4. The Morgan fingerprint density at radius 1 is 0.964 bits per heavy atom. The van der Waals surface area contributed by atoms with Gasteiger partial charge in [-0.1, -0.05) is 47.5 Å². The van der Waals surface area contributed by atoms with Crippen LogP contribution in [0.3, 0.4) is 0 Å². The van der Waals surface area contributed by atoms with E-state index in [2.05, 4.69) is 15.3 Å². The minimum Gasteiger partial charge on any atom is -0.505 e. The fourth-order valence-corrected chi connectivity index (χ4v) is 3.43. The maximum atomic E-state index is 11.0. The molecule has 0 saturated carbocycles. The largest absolute Gasteiger partial charge is 0.505 e. The molecule has 4 aromatic rings. The highest BCUT2D eigenvalue weighted by Crippen LogP contribution is 2.36. The number of nitrogens with one attached hydrogen (secondary N) is 1. The summed E-state index contributed by atoms with van der Waals surface area (Å²) < 4.78 is 0. The lowest BCUT2D eigenvalue weighted by Crippen LogP contribution is -2.14. The van der Waals surface area contributed by atoms with Crippen LogP contribution in [-0.2, 0) is 0 Å². The minimum atomic E-state index is -0.398. The molecule has 0 aliphatic rings. The summed E-state index contributed by atoms with van der Waals surface area (Å²) in [5.41, 5.74) is 3.61. The summed E-state index contributed by atoms with van der Waals surface area (Å²) in [6.45, 7) is 1.90. The van der Waals surface area contributed by atoms with Gasteiger partial charge in [-0.25, -0.2) is 4.98 Å². The number of hydrogen-bond acceptors (Lipinski definition) is 4. The Morgan fingerprint density at radius 2 is 1.79 bits per heavy atom. The van der Waals surface area contributed by atoms with E-state index >= 15 is 0 Å². The summed E-state index contributed by atoms with van der Waals surface area (Å²) in [4.78, 5) is 8.99. The summed E-state index contributed by atoms with van der Waals surface area (Å²) in [6.07, 6.45) is 1.72. The van der Waals surface area contributed by atoms with Crippen LogP contribution in [0.1, 0.15) is 23.0 Å². The van der Waals surface area contributed by atoms with E-state index in [0.717, 1.165) is 22.5 Å². The molecule has 0 bridgehead atoms. The molecule has 0 amide bonds. The van der Waals surface area contributed by atoms with E-state index in [4.69, 9.17) is 23.2 Å². The number of phenols is 1. The molecule has 0 radical (unpaired) electrons. The number of nitrogens with zero attached hydrogens (tertiary/aromatic N) is 2. The van der Waals surface area contributed by atoms with Crippen molar-refractivity contribution in [1.82, 2.24) is 9.97 Å². The van der Waals surface area contributed by atoms with Gasteiger partial charge in [0.1, 0.15) is 11.3 Å². The Kier molecular flexibility index (Phi) is 5.07. The van der Waals surface area contributed by atoms with Crippen molar-refractivity contribution < 1.29 is 5.11 Å².